The Morgan fingerprint density at radius 1 is 1.21 bits per heavy atom. The smallest absolute Gasteiger partial charge is 0.258 e. The molecule has 1 heterocycles. The summed E-state index contributed by atoms with van der Waals surface area (Å²) in [6.45, 7) is 4.01. The number of H-pyrrole nitrogens is 1. The summed E-state index contributed by atoms with van der Waals surface area (Å²) in [6, 6.07) is 15.2. The standard InChI is InChI=1S/C22H26N4O2S/c1-3-4-13-26(22(29)23-14-16-9-11-17(28-2)12-10-16)15-20-24-19-8-6-5-7-18(19)21(27)25-20/h5-12H,3-4,13-15H2,1-2H3,(H,23,29)(H,24,25,27). The highest BCUT2D eigenvalue weighted by molar-refractivity contribution is 7.80. The Kier molecular flexibility index (Phi) is 7.19. The molecule has 2 aromatic carbocycles. The van der Waals surface area contributed by atoms with Crippen LogP contribution in [0.3, 0.4) is 0 Å². The van der Waals surface area contributed by atoms with E-state index in [1.807, 2.05) is 42.5 Å². The molecule has 0 aliphatic rings. The molecule has 0 aliphatic carbocycles. The maximum absolute atomic E-state index is 12.4. The summed E-state index contributed by atoms with van der Waals surface area (Å²) in [5, 5.41) is 4.55. The Labute approximate surface area is 175 Å². The first-order valence-electron chi connectivity index (χ1n) is 9.74. The number of methoxy groups -OCH3 is 1. The molecule has 3 aromatic rings. The second kappa shape index (κ2) is 10.0. The number of thiocarbonyl (C=S) groups is 1. The molecule has 3 rings (SSSR count). The number of hydrogen-bond donors (Lipinski definition) is 2. The molecule has 2 N–H and O–H groups in total. The number of nitrogens with zero attached hydrogens (tertiary/aromatic N) is 2. The van der Waals surface area contributed by atoms with Gasteiger partial charge in [0.15, 0.2) is 5.11 Å². The van der Waals surface area contributed by atoms with Crippen molar-refractivity contribution in [1.29, 1.82) is 0 Å². The monoisotopic (exact) mass is 410 g/mol. The van der Waals surface area contributed by atoms with E-state index in [4.69, 9.17) is 17.0 Å². The normalized spacial score (nSPS) is 10.7. The lowest BCUT2D eigenvalue weighted by Crippen LogP contribution is -2.40. The number of benzene rings is 2. The fourth-order valence-corrected chi connectivity index (χ4v) is 3.25. The van der Waals surface area contributed by atoms with Crippen molar-refractivity contribution in [3.05, 3.63) is 70.3 Å². The number of rotatable bonds is 8. The Morgan fingerprint density at radius 3 is 2.69 bits per heavy atom. The summed E-state index contributed by atoms with van der Waals surface area (Å²) >= 11 is 5.63. The largest absolute Gasteiger partial charge is 0.497 e. The lowest BCUT2D eigenvalue weighted by atomic mass is 10.2. The van der Waals surface area contributed by atoms with Crippen LogP contribution in [0.15, 0.2) is 53.3 Å². The van der Waals surface area contributed by atoms with Crippen molar-refractivity contribution < 1.29 is 4.74 Å². The SMILES string of the molecule is CCCCN(Cc1nc2ccccc2c(=O)[nH]1)C(=S)NCc1ccc(OC)cc1. The van der Waals surface area contributed by atoms with Gasteiger partial charge in [0.05, 0.1) is 24.6 Å². The molecule has 0 unspecified atom stereocenters. The molecule has 0 radical (unpaired) electrons. The van der Waals surface area contributed by atoms with Gasteiger partial charge in [0.2, 0.25) is 0 Å². The molecular weight excluding hydrogens is 384 g/mol. The number of ether oxygens (including phenoxy) is 1. The second-order valence-electron chi connectivity index (χ2n) is 6.81. The summed E-state index contributed by atoms with van der Waals surface area (Å²) < 4.78 is 5.19. The molecule has 0 spiro atoms. The molecule has 0 fully saturated rings. The minimum atomic E-state index is -0.127. The summed E-state index contributed by atoms with van der Waals surface area (Å²) in [5.41, 5.74) is 1.68. The van der Waals surface area contributed by atoms with E-state index >= 15 is 0 Å². The third kappa shape index (κ3) is 5.54. The van der Waals surface area contributed by atoms with E-state index in [0.29, 0.717) is 34.9 Å². The van der Waals surface area contributed by atoms with Gasteiger partial charge in [-0.25, -0.2) is 4.98 Å². The average Bonchev–Trinajstić information content (AvgIpc) is 2.75. The predicted molar refractivity (Wildman–Crippen MR) is 120 cm³/mol. The molecule has 0 aliphatic heterocycles. The van der Waals surface area contributed by atoms with E-state index in [1.165, 1.54) is 0 Å². The molecule has 6 nitrogen and oxygen atoms in total. The van der Waals surface area contributed by atoms with Crippen molar-refractivity contribution in [2.45, 2.75) is 32.9 Å². The number of aromatic nitrogens is 2. The van der Waals surface area contributed by atoms with E-state index in [1.54, 1.807) is 13.2 Å². The Balaban J connectivity index is 1.71. The molecule has 1 aromatic heterocycles. The van der Waals surface area contributed by atoms with Gasteiger partial charge in [-0.2, -0.15) is 0 Å². The van der Waals surface area contributed by atoms with Gasteiger partial charge in [-0.3, -0.25) is 4.79 Å². The first kappa shape index (κ1) is 20.8. The van der Waals surface area contributed by atoms with E-state index < -0.39 is 0 Å². The number of nitrogens with one attached hydrogen (secondary N) is 2. The maximum atomic E-state index is 12.4. The maximum Gasteiger partial charge on any atom is 0.258 e. The zero-order chi connectivity index (χ0) is 20.6. The minimum absolute atomic E-state index is 0.127. The molecule has 0 atom stereocenters. The fourth-order valence-electron chi connectivity index (χ4n) is 3.02. The van der Waals surface area contributed by atoms with Crippen molar-refractivity contribution in [2.75, 3.05) is 13.7 Å². The number of hydrogen-bond acceptors (Lipinski definition) is 4. The van der Waals surface area contributed by atoms with Crippen molar-refractivity contribution >= 4 is 28.2 Å². The summed E-state index contributed by atoms with van der Waals surface area (Å²) in [6.07, 6.45) is 2.06. The lowest BCUT2D eigenvalue weighted by molar-refractivity contribution is 0.385. The van der Waals surface area contributed by atoms with E-state index in [9.17, 15) is 4.79 Å². The Bertz CT molecular complexity index is 1020. The zero-order valence-corrected chi connectivity index (χ0v) is 17.6. The number of unbranched alkanes of at least 4 members (excludes halogenated alkanes) is 1. The van der Waals surface area contributed by atoms with Crippen LogP contribution in [0.1, 0.15) is 31.2 Å². The van der Waals surface area contributed by atoms with Gasteiger partial charge in [-0.1, -0.05) is 37.6 Å². The average molecular weight is 411 g/mol. The third-order valence-corrected chi connectivity index (χ3v) is 5.08. The minimum Gasteiger partial charge on any atom is -0.497 e. The van der Waals surface area contributed by atoms with Gasteiger partial charge in [0.1, 0.15) is 11.6 Å². The third-order valence-electron chi connectivity index (χ3n) is 4.67. The van der Waals surface area contributed by atoms with Gasteiger partial charge in [-0.15, -0.1) is 0 Å². The van der Waals surface area contributed by atoms with Crippen LogP contribution < -0.4 is 15.6 Å². The Hall–Kier alpha value is -2.93. The summed E-state index contributed by atoms with van der Waals surface area (Å²) in [4.78, 5) is 21.9. The molecule has 0 saturated carbocycles. The van der Waals surface area contributed by atoms with Crippen LogP contribution >= 0.6 is 12.2 Å². The first-order valence-corrected chi connectivity index (χ1v) is 10.1. The van der Waals surface area contributed by atoms with E-state index in [2.05, 4.69) is 27.1 Å². The van der Waals surface area contributed by atoms with Crippen LogP contribution in [0, 0.1) is 0 Å². The molecule has 0 amide bonds. The molecule has 0 bridgehead atoms. The van der Waals surface area contributed by atoms with Gasteiger partial charge in [0, 0.05) is 13.1 Å². The number of fused-ring (bicyclic) bond motifs is 1. The van der Waals surface area contributed by atoms with Crippen LogP contribution in [0.2, 0.25) is 0 Å². The van der Waals surface area contributed by atoms with Crippen molar-refractivity contribution in [1.82, 2.24) is 20.2 Å². The molecule has 29 heavy (non-hydrogen) atoms. The van der Waals surface area contributed by atoms with Crippen LogP contribution in [-0.2, 0) is 13.1 Å². The molecule has 7 heteroatoms. The van der Waals surface area contributed by atoms with Gasteiger partial charge in [-0.05, 0) is 48.5 Å². The van der Waals surface area contributed by atoms with E-state index in [0.717, 1.165) is 30.7 Å². The molecule has 0 saturated heterocycles. The topological polar surface area (TPSA) is 70.2 Å². The van der Waals surface area contributed by atoms with Crippen LogP contribution in [0.25, 0.3) is 10.9 Å². The second-order valence-corrected chi connectivity index (χ2v) is 7.20. The first-order chi connectivity index (χ1) is 14.1. The van der Waals surface area contributed by atoms with Crippen LogP contribution in [0.4, 0.5) is 0 Å². The Morgan fingerprint density at radius 2 is 1.97 bits per heavy atom. The highest BCUT2D eigenvalue weighted by Crippen LogP contribution is 2.12. The van der Waals surface area contributed by atoms with Crippen molar-refractivity contribution in [3.8, 4) is 5.75 Å². The van der Waals surface area contributed by atoms with Crippen molar-refractivity contribution in [3.63, 3.8) is 0 Å². The summed E-state index contributed by atoms with van der Waals surface area (Å²) in [5.74, 6) is 1.44. The number of para-hydroxylation sites is 1. The van der Waals surface area contributed by atoms with Gasteiger partial charge >= 0.3 is 0 Å². The zero-order valence-electron chi connectivity index (χ0n) is 16.8. The van der Waals surface area contributed by atoms with E-state index in [-0.39, 0.29) is 5.56 Å². The highest BCUT2D eigenvalue weighted by Gasteiger charge is 2.13. The van der Waals surface area contributed by atoms with Crippen molar-refractivity contribution in [2.24, 2.45) is 0 Å². The molecule has 152 valence electrons. The fraction of sp³-hybridized carbons (Fsp3) is 0.318. The molecular formula is C22H26N4O2S. The lowest BCUT2D eigenvalue weighted by Gasteiger charge is -2.25. The van der Waals surface area contributed by atoms with Gasteiger partial charge in [0.25, 0.3) is 5.56 Å². The van der Waals surface area contributed by atoms with Crippen LogP contribution in [0.5, 0.6) is 5.75 Å². The highest BCUT2D eigenvalue weighted by atomic mass is 32.1. The number of aromatic amines is 1. The van der Waals surface area contributed by atoms with Gasteiger partial charge < -0.3 is 19.9 Å². The summed E-state index contributed by atoms with van der Waals surface area (Å²) in [7, 11) is 1.65. The quantitative estimate of drug-likeness (QED) is 0.553. The predicted octanol–water partition coefficient (Wildman–Crippen LogP) is 3.61. The van der Waals surface area contributed by atoms with Crippen LogP contribution in [-0.4, -0.2) is 33.6 Å².